The van der Waals surface area contributed by atoms with E-state index in [-0.39, 0.29) is 5.41 Å². The minimum absolute atomic E-state index is 0.251. The van der Waals surface area contributed by atoms with Crippen LogP contribution in [0.4, 0.5) is 0 Å². The zero-order valence-corrected chi connectivity index (χ0v) is 10.0. The first-order valence-electron chi connectivity index (χ1n) is 5.92. The molecule has 1 heteroatoms. The molecular weight excluding hydrogens is 182 g/mol. The topological polar surface area (TPSA) is 12.0 Å². The van der Waals surface area contributed by atoms with Crippen molar-refractivity contribution in [2.45, 2.75) is 45.1 Å². The second kappa shape index (κ2) is 3.97. The molecule has 1 heterocycles. The van der Waals surface area contributed by atoms with Gasteiger partial charge < -0.3 is 5.32 Å². The van der Waals surface area contributed by atoms with Crippen LogP contribution in [-0.2, 0) is 5.41 Å². The normalized spacial score (nSPS) is 21.9. The van der Waals surface area contributed by atoms with Crippen LogP contribution >= 0.6 is 0 Å². The minimum atomic E-state index is 0.251. The lowest BCUT2D eigenvalue weighted by atomic mass is 9.81. The number of benzene rings is 1. The van der Waals surface area contributed by atoms with E-state index in [1.807, 2.05) is 0 Å². The molecule has 0 unspecified atom stereocenters. The summed E-state index contributed by atoms with van der Waals surface area (Å²) in [7, 11) is 0. The van der Waals surface area contributed by atoms with E-state index in [0.717, 1.165) is 0 Å². The van der Waals surface area contributed by atoms with E-state index in [1.165, 1.54) is 30.5 Å². The van der Waals surface area contributed by atoms with Crippen LogP contribution in [0.1, 0.15) is 50.8 Å². The van der Waals surface area contributed by atoms with E-state index in [9.17, 15) is 0 Å². The summed E-state index contributed by atoms with van der Waals surface area (Å²) >= 11 is 0. The third-order valence-corrected chi connectivity index (χ3v) is 3.20. The molecular formula is C14H21N. The monoisotopic (exact) mass is 203 g/mol. The Morgan fingerprint density at radius 3 is 2.53 bits per heavy atom. The highest BCUT2D eigenvalue weighted by Gasteiger charge is 2.23. The van der Waals surface area contributed by atoms with E-state index < -0.39 is 0 Å². The molecule has 1 N–H and O–H groups in total. The average Bonchev–Trinajstić information content (AvgIpc) is 2.69. The summed E-state index contributed by atoms with van der Waals surface area (Å²) < 4.78 is 0. The maximum Gasteiger partial charge on any atom is 0.0323 e. The van der Waals surface area contributed by atoms with Gasteiger partial charge in [-0.05, 0) is 35.9 Å². The average molecular weight is 203 g/mol. The first kappa shape index (κ1) is 10.7. The molecule has 1 aliphatic rings. The molecule has 0 aromatic heterocycles. The summed E-state index contributed by atoms with van der Waals surface area (Å²) in [5, 5.41) is 3.59. The van der Waals surface area contributed by atoms with Gasteiger partial charge in [-0.25, -0.2) is 0 Å². The van der Waals surface area contributed by atoms with Crippen molar-refractivity contribution < 1.29 is 0 Å². The summed E-state index contributed by atoms with van der Waals surface area (Å²) in [4.78, 5) is 0. The Hall–Kier alpha value is -0.820. The maximum absolute atomic E-state index is 3.59. The SMILES string of the molecule is CC(C)(C)c1ccccc1[C@@H]1CCCN1. The van der Waals surface area contributed by atoms with Gasteiger partial charge in [0, 0.05) is 6.04 Å². The molecule has 1 fully saturated rings. The first-order valence-corrected chi connectivity index (χ1v) is 5.92. The molecule has 1 saturated heterocycles. The number of rotatable bonds is 1. The van der Waals surface area contributed by atoms with Crippen molar-refractivity contribution in [2.24, 2.45) is 0 Å². The Morgan fingerprint density at radius 1 is 1.20 bits per heavy atom. The molecule has 1 atom stereocenters. The zero-order valence-electron chi connectivity index (χ0n) is 10.0. The van der Waals surface area contributed by atoms with Gasteiger partial charge >= 0.3 is 0 Å². The molecule has 0 amide bonds. The zero-order chi connectivity index (χ0) is 10.9. The number of nitrogens with one attached hydrogen (secondary N) is 1. The smallest absolute Gasteiger partial charge is 0.0323 e. The summed E-state index contributed by atoms with van der Waals surface area (Å²) in [6.07, 6.45) is 2.59. The molecule has 1 nitrogen and oxygen atoms in total. The third kappa shape index (κ3) is 2.23. The minimum Gasteiger partial charge on any atom is -0.310 e. The van der Waals surface area contributed by atoms with E-state index in [2.05, 4.69) is 50.4 Å². The second-order valence-corrected chi connectivity index (χ2v) is 5.49. The van der Waals surface area contributed by atoms with Crippen LogP contribution in [0, 0.1) is 0 Å². The van der Waals surface area contributed by atoms with Gasteiger partial charge in [0.05, 0.1) is 0 Å². The third-order valence-electron chi connectivity index (χ3n) is 3.20. The van der Waals surface area contributed by atoms with E-state index in [4.69, 9.17) is 0 Å². The lowest BCUT2D eigenvalue weighted by molar-refractivity contribution is 0.557. The van der Waals surface area contributed by atoms with E-state index >= 15 is 0 Å². The van der Waals surface area contributed by atoms with Crippen LogP contribution in [0.25, 0.3) is 0 Å². The van der Waals surface area contributed by atoms with Gasteiger partial charge in [-0.3, -0.25) is 0 Å². The Morgan fingerprint density at radius 2 is 1.93 bits per heavy atom. The summed E-state index contributed by atoms with van der Waals surface area (Å²) in [6, 6.07) is 9.45. The molecule has 0 bridgehead atoms. The van der Waals surface area contributed by atoms with Gasteiger partial charge in [0.25, 0.3) is 0 Å². The van der Waals surface area contributed by atoms with Crippen molar-refractivity contribution in [1.82, 2.24) is 5.32 Å². The molecule has 0 radical (unpaired) electrons. The van der Waals surface area contributed by atoms with Crippen LogP contribution in [0.15, 0.2) is 24.3 Å². The molecule has 0 aliphatic carbocycles. The molecule has 2 rings (SSSR count). The molecule has 1 aromatic rings. The van der Waals surface area contributed by atoms with Crippen molar-refractivity contribution in [3.63, 3.8) is 0 Å². The predicted octanol–water partition coefficient (Wildman–Crippen LogP) is 3.41. The molecule has 82 valence electrons. The van der Waals surface area contributed by atoms with Gasteiger partial charge in [-0.15, -0.1) is 0 Å². The Balaban J connectivity index is 2.37. The largest absolute Gasteiger partial charge is 0.310 e. The van der Waals surface area contributed by atoms with Gasteiger partial charge in [-0.1, -0.05) is 45.0 Å². The fraction of sp³-hybridized carbons (Fsp3) is 0.571. The second-order valence-electron chi connectivity index (χ2n) is 5.49. The molecule has 1 aromatic carbocycles. The summed E-state index contributed by atoms with van der Waals surface area (Å²) in [5.74, 6) is 0. The highest BCUT2D eigenvalue weighted by atomic mass is 14.9. The van der Waals surface area contributed by atoms with Crippen molar-refractivity contribution >= 4 is 0 Å². The quantitative estimate of drug-likeness (QED) is 0.737. The Labute approximate surface area is 92.9 Å². The van der Waals surface area contributed by atoms with Crippen LogP contribution in [0.2, 0.25) is 0 Å². The van der Waals surface area contributed by atoms with Crippen LogP contribution in [0.3, 0.4) is 0 Å². The molecule has 15 heavy (non-hydrogen) atoms. The van der Waals surface area contributed by atoms with Crippen molar-refractivity contribution in [1.29, 1.82) is 0 Å². The van der Waals surface area contributed by atoms with E-state index in [0.29, 0.717) is 6.04 Å². The van der Waals surface area contributed by atoms with Crippen molar-refractivity contribution in [3.05, 3.63) is 35.4 Å². The molecule has 1 aliphatic heterocycles. The van der Waals surface area contributed by atoms with Crippen LogP contribution in [0.5, 0.6) is 0 Å². The standard InChI is InChI=1S/C14H21N/c1-14(2,3)12-8-5-4-7-11(12)13-9-6-10-15-13/h4-5,7-8,13,15H,6,9-10H2,1-3H3/t13-/m0/s1. The van der Waals surface area contributed by atoms with Crippen molar-refractivity contribution in [2.75, 3.05) is 6.54 Å². The van der Waals surface area contributed by atoms with Crippen LogP contribution < -0.4 is 5.32 Å². The van der Waals surface area contributed by atoms with Crippen molar-refractivity contribution in [3.8, 4) is 0 Å². The van der Waals surface area contributed by atoms with Gasteiger partial charge in [0.1, 0.15) is 0 Å². The highest BCUT2D eigenvalue weighted by Crippen LogP contribution is 2.32. The van der Waals surface area contributed by atoms with Gasteiger partial charge in [0.15, 0.2) is 0 Å². The number of hydrogen-bond acceptors (Lipinski definition) is 1. The fourth-order valence-corrected chi connectivity index (χ4v) is 2.43. The predicted molar refractivity (Wildman–Crippen MR) is 65.1 cm³/mol. The maximum atomic E-state index is 3.59. The van der Waals surface area contributed by atoms with E-state index in [1.54, 1.807) is 0 Å². The lowest BCUT2D eigenvalue weighted by Crippen LogP contribution is -2.20. The number of hydrogen-bond donors (Lipinski definition) is 1. The Bertz CT molecular complexity index is 329. The Kier molecular flexibility index (Phi) is 2.83. The summed E-state index contributed by atoms with van der Waals surface area (Å²) in [5.41, 5.74) is 3.24. The molecule has 0 saturated carbocycles. The summed E-state index contributed by atoms with van der Waals surface area (Å²) in [6.45, 7) is 8.05. The molecule has 0 spiro atoms. The van der Waals surface area contributed by atoms with Gasteiger partial charge in [-0.2, -0.15) is 0 Å². The van der Waals surface area contributed by atoms with Crippen LogP contribution in [-0.4, -0.2) is 6.54 Å². The fourth-order valence-electron chi connectivity index (χ4n) is 2.43. The highest BCUT2D eigenvalue weighted by molar-refractivity contribution is 5.35. The first-order chi connectivity index (χ1) is 7.09. The lowest BCUT2D eigenvalue weighted by Gasteiger charge is -2.25. The van der Waals surface area contributed by atoms with Gasteiger partial charge in [0.2, 0.25) is 0 Å².